The molecule has 1 fully saturated rings. The van der Waals surface area contributed by atoms with Crippen molar-refractivity contribution in [3.63, 3.8) is 0 Å². The quantitative estimate of drug-likeness (QED) is 0.916. The Morgan fingerprint density at radius 2 is 1.71 bits per heavy atom. The van der Waals surface area contributed by atoms with Crippen LogP contribution in [0.5, 0.6) is 0 Å². The molecule has 2 amide bonds. The molecule has 24 heavy (non-hydrogen) atoms. The van der Waals surface area contributed by atoms with Gasteiger partial charge < -0.3 is 10.2 Å². The lowest BCUT2D eigenvalue weighted by Gasteiger charge is -2.34. The molecule has 1 aliphatic heterocycles. The number of carbonyl (C=O) groups excluding carboxylic acids is 1. The van der Waals surface area contributed by atoms with Crippen molar-refractivity contribution in [2.45, 2.75) is 6.54 Å². The van der Waals surface area contributed by atoms with Crippen LogP contribution in [0.3, 0.4) is 0 Å². The van der Waals surface area contributed by atoms with Gasteiger partial charge in [-0.3, -0.25) is 4.90 Å². The van der Waals surface area contributed by atoms with Gasteiger partial charge in [-0.05, 0) is 29.8 Å². The maximum Gasteiger partial charge on any atom is 0.321 e. The van der Waals surface area contributed by atoms with E-state index < -0.39 is 0 Å². The van der Waals surface area contributed by atoms with Gasteiger partial charge in [0, 0.05) is 32.7 Å². The molecule has 2 aromatic rings. The second kappa shape index (κ2) is 7.64. The number of para-hydroxylation sites is 1. The molecule has 0 saturated carbocycles. The van der Waals surface area contributed by atoms with Crippen LogP contribution in [0.4, 0.5) is 14.9 Å². The van der Waals surface area contributed by atoms with Crippen LogP contribution in [0.2, 0.25) is 5.02 Å². The molecule has 3 rings (SSSR count). The molecule has 0 aromatic heterocycles. The molecule has 6 heteroatoms. The highest BCUT2D eigenvalue weighted by atomic mass is 35.5. The molecule has 1 heterocycles. The van der Waals surface area contributed by atoms with E-state index in [1.54, 1.807) is 29.2 Å². The Balaban J connectivity index is 1.50. The van der Waals surface area contributed by atoms with Crippen LogP contribution in [0.25, 0.3) is 0 Å². The summed E-state index contributed by atoms with van der Waals surface area (Å²) in [4.78, 5) is 16.4. The van der Waals surface area contributed by atoms with Gasteiger partial charge in [-0.2, -0.15) is 0 Å². The van der Waals surface area contributed by atoms with Gasteiger partial charge in [0.25, 0.3) is 0 Å². The number of piperazine rings is 1. The molecular formula is C18H19ClFN3O. The van der Waals surface area contributed by atoms with Gasteiger partial charge in [0.05, 0.1) is 10.7 Å². The van der Waals surface area contributed by atoms with Crippen molar-refractivity contribution in [1.29, 1.82) is 0 Å². The van der Waals surface area contributed by atoms with E-state index in [-0.39, 0.29) is 11.8 Å². The van der Waals surface area contributed by atoms with Crippen LogP contribution < -0.4 is 5.32 Å². The highest BCUT2D eigenvalue weighted by molar-refractivity contribution is 6.33. The molecule has 1 saturated heterocycles. The fraction of sp³-hybridized carbons (Fsp3) is 0.278. The maximum atomic E-state index is 12.9. The predicted octanol–water partition coefficient (Wildman–Crippen LogP) is 3.83. The number of hydrogen-bond donors (Lipinski definition) is 1. The molecule has 0 aliphatic carbocycles. The zero-order chi connectivity index (χ0) is 16.9. The van der Waals surface area contributed by atoms with E-state index in [1.165, 1.54) is 12.1 Å². The summed E-state index contributed by atoms with van der Waals surface area (Å²) < 4.78 is 12.9. The molecule has 1 aliphatic rings. The van der Waals surface area contributed by atoms with E-state index in [2.05, 4.69) is 10.2 Å². The smallest absolute Gasteiger partial charge is 0.321 e. The SMILES string of the molecule is O=C(Nc1ccccc1Cl)N1CCN(Cc2ccc(F)cc2)CC1. The second-order valence-electron chi connectivity index (χ2n) is 5.80. The number of anilines is 1. The van der Waals surface area contributed by atoms with Crippen molar-refractivity contribution in [3.05, 3.63) is 64.9 Å². The number of carbonyl (C=O) groups is 1. The zero-order valence-corrected chi connectivity index (χ0v) is 14.0. The number of rotatable bonds is 3. The Hall–Kier alpha value is -2.11. The fourth-order valence-corrected chi connectivity index (χ4v) is 2.90. The highest BCUT2D eigenvalue weighted by Crippen LogP contribution is 2.21. The summed E-state index contributed by atoms with van der Waals surface area (Å²) in [6.07, 6.45) is 0. The average Bonchev–Trinajstić information content (AvgIpc) is 2.59. The van der Waals surface area contributed by atoms with Crippen LogP contribution in [0, 0.1) is 5.82 Å². The van der Waals surface area contributed by atoms with Gasteiger partial charge >= 0.3 is 6.03 Å². The minimum atomic E-state index is -0.222. The normalized spacial score (nSPS) is 15.3. The van der Waals surface area contributed by atoms with Gasteiger partial charge in [-0.25, -0.2) is 9.18 Å². The number of benzene rings is 2. The van der Waals surface area contributed by atoms with Gasteiger partial charge in [0.15, 0.2) is 0 Å². The second-order valence-corrected chi connectivity index (χ2v) is 6.21. The Morgan fingerprint density at radius 1 is 1.04 bits per heavy atom. The summed E-state index contributed by atoms with van der Waals surface area (Å²) in [7, 11) is 0. The Bertz CT molecular complexity index is 700. The third kappa shape index (κ3) is 4.24. The molecule has 4 nitrogen and oxygen atoms in total. The minimum Gasteiger partial charge on any atom is -0.322 e. The first kappa shape index (κ1) is 16.7. The first-order chi connectivity index (χ1) is 11.6. The number of amides is 2. The van der Waals surface area contributed by atoms with Gasteiger partial charge in [-0.15, -0.1) is 0 Å². The summed E-state index contributed by atoms with van der Waals surface area (Å²) in [5.74, 6) is -0.222. The lowest BCUT2D eigenvalue weighted by atomic mass is 10.2. The number of urea groups is 1. The number of nitrogens with one attached hydrogen (secondary N) is 1. The van der Waals surface area contributed by atoms with Crippen LogP contribution in [0.1, 0.15) is 5.56 Å². The molecule has 126 valence electrons. The zero-order valence-electron chi connectivity index (χ0n) is 13.2. The number of nitrogens with zero attached hydrogens (tertiary/aromatic N) is 2. The largest absolute Gasteiger partial charge is 0.322 e. The first-order valence-electron chi connectivity index (χ1n) is 7.89. The van der Waals surface area contributed by atoms with E-state index in [1.807, 2.05) is 12.1 Å². The monoisotopic (exact) mass is 347 g/mol. The van der Waals surface area contributed by atoms with Crippen molar-refractivity contribution in [2.75, 3.05) is 31.5 Å². The molecule has 0 radical (unpaired) electrons. The summed E-state index contributed by atoms with van der Waals surface area (Å²) in [6, 6.07) is 13.6. The van der Waals surface area contributed by atoms with Crippen molar-refractivity contribution in [1.82, 2.24) is 9.80 Å². The van der Waals surface area contributed by atoms with Crippen LogP contribution in [-0.2, 0) is 6.54 Å². The molecule has 0 atom stereocenters. The third-order valence-electron chi connectivity index (χ3n) is 4.09. The van der Waals surface area contributed by atoms with Crippen molar-refractivity contribution in [2.24, 2.45) is 0 Å². The van der Waals surface area contributed by atoms with Crippen molar-refractivity contribution in [3.8, 4) is 0 Å². The van der Waals surface area contributed by atoms with Gasteiger partial charge in [0.2, 0.25) is 0 Å². The Morgan fingerprint density at radius 3 is 2.38 bits per heavy atom. The summed E-state index contributed by atoms with van der Waals surface area (Å²) in [6.45, 7) is 3.63. The van der Waals surface area contributed by atoms with E-state index in [0.29, 0.717) is 23.8 Å². The van der Waals surface area contributed by atoms with Crippen LogP contribution in [0.15, 0.2) is 48.5 Å². The minimum absolute atomic E-state index is 0.135. The lowest BCUT2D eigenvalue weighted by molar-refractivity contribution is 0.143. The maximum absolute atomic E-state index is 12.9. The summed E-state index contributed by atoms with van der Waals surface area (Å²) >= 11 is 6.06. The van der Waals surface area contributed by atoms with E-state index in [0.717, 1.165) is 25.2 Å². The first-order valence-corrected chi connectivity index (χ1v) is 8.27. The van der Waals surface area contributed by atoms with Gasteiger partial charge in [-0.1, -0.05) is 35.9 Å². The molecular weight excluding hydrogens is 329 g/mol. The molecule has 2 aromatic carbocycles. The lowest BCUT2D eigenvalue weighted by Crippen LogP contribution is -2.49. The van der Waals surface area contributed by atoms with Crippen LogP contribution >= 0.6 is 11.6 Å². The van der Waals surface area contributed by atoms with Crippen molar-refractivity contribution >= 4 is 23.3 Å². The molecule has 0 spiro atoms. The molecule has 0 bridgehead atoms. The molecule has 0 unspecified atom stereocenters. The highest BCUT2D eigenvalue weighted by Gasteiger charge is 2.21. The van der Waals surface area contributed by atoms with Crippen molar-refractivity contribution < 1.29 is 9.18 Å². The molecule has 1 N–H and O–H groups in total. The summed E-state index contributed by atoms with van der Waals surface area (Å²) in [5, 5.41) is 3.37. The third-order valence-corrected chi connectivity index (χ3v) is 4.42. The standard InChI is InChI=1S/C18H19ClFN3O/c19-16-3-1-2-4-17(16)21-18(24)23-11-9-22(10-12-23)13-14-5-7-15(20)8-6-14/h1-8H,9-13H2,(H,21,24). The van der Waals surface area contributed by atoms with E-state index in [4.69, 9.17) is 11.6 Å². The fourth-order valence-electron chi connectivity index (χ4n) is 2.71. The van der Waals surface area contributed by atoms with Gasteiger partial charge in [0.1, 0.15) is 5.82 Å². The Labute approximate surface area is 145 Å². The van der Waals surface area contributed by atoms with Crippen LogP contribution in [-0.4, -0.2) is 42.0 Å². The summed E-state index contributed by atoms with van der Waals surface area (Å²) in [5.41, 5.74) is 1.70. The van der Waals surface area contributed by atoms with E-state index >= 15 is 0 Å². The van der Waals surface area contributed by atoms with E-state index in [9.17, 15) is 9.18 Å². The predicted molar refractivity (Wildman–Crippen MR) is 93.7 cm³/mol. The average molecular weight is 348 g/mol. The number of hydrogen-bond acceptors (Lipinski definition) is 2. The number of halogens is 2. The Kier molecular flexibility index (Phi) is 5.33. The topological polar surface area (TPSA) is 35.6 Å².